The molecule has 1 rings (SSSR count). The Morgan fingerprint density at radius 3 is 2.59 bits per heavy atom. The van der Waals surface area contributed by atoms with Crippen LogP contribution in [0, 0.1) is 17.8 Å². The molecular weight excluding hydrogens is 218 g/mol. The highest BCUT2D eigenvalue weighted by atomic mass is 16.4. The number of carbonyl (C=O) groups excluding carboxylic acids is 1. The molecule has 0 heterocycles. The van der Waals surface area contributed by atoms with Crippen LogP contribution >= 0.6 is 0 Å². The molecule has 0 radical (unpaired) electrons. The Labute approximate surface area is 102 Å². The van der Waals surface area contributed by atoms with Gasteiger partial charge in [-0.25, -0.2) is 0 Å². The molecule has 3 atom stereocenters. The normalized spacial score (nSPS) is 28.5. The lowest BCUT2D eigenvalue weighted by Crippen LogP contribution is -2.35. The smallest absolute Gasteiger partial charge is 0.307 e. The SMILES string of the molecule is C/C=C/CCNC(=O)[C@H]1CC(C)C[C@H]1C(=O)O. The van der Waals surface area contributed by atoms with E-state index < -0.39 is 11.9 Å². The van der Waals surface area contributed by atoms with Crippen LogP contribution in [0.2, 0.25) is 0 Å². The van der Waals surface area contributed by atoms with E-state index in [4.69, 9.17) is 5.11 Å². The van der Waals surface area contributed by atoms with Gasteiger partial charge in [-0.1, -0.05) is 19.1 Å². The van der Waals surface area contributed by atoms with Crippen molar-refractivity contribution >= 4 is 11.9 Å². The maximum Gasteiger partial charge on any atom is 0.307 e. The minimum atomic E-state index is -0.844. The molecule has 1 unspecified atom stereocenters. The molecule has 0 aliphatic heterocycles. The number of carbonyl (C=O) groups is 2. The van der Waals surface area contributed by atoms with Crippen LogP contribution in [0.15, 0.2) is 12.2 Å². The van der Waals surface area contributed by atoms with Crippen molar-refractivity contribution in [3.8, 4) is 0 Å². The van der Waals surface area contributed by atoms with Crippen LogP contribution in [0.4, 0.5) is 0 Å². The lowest BCUT2D eigenvalue weighted by molar-refractivity contribution is -0.146. The average Bonchev–Trinajstić information content (AvgIpc) is 2.66. The third-order valence-electron chi connectivity index (χ3n) is 3.30. The molecule has 17 heavy (non-hydrogen) atoms. The fraction of sp³-hybridized carbons (Fsp3) is 0.692. The number of rotatable bonds is 5. The molecule has 1 aliphatic rings. The highest BCUT2D eigenvalue weighted by Gasteiger charge is 2.40. The Hall–Kier alpha value is -1.32. The molecule has 0 bridgehead atoms. The van der Waals surface area contributed by atoms with Gasteiger partial charge in [-0.2, -0.15) is 0 Å². The Balaban J connectivity index is 2.46. The monoisotopic (exact) mass is 239 g/mol. The van der Waals surface area contributed by atoms with Crippen molar-refractivity contribution in [3.05, 3.63) is 12.2 Å². The zero-order valence-corrected chi connectivity index (χ0v) is 10.5. The molecule has 1 aliphatic carbocycles. The molecule has 1 saturated carbocycles. The first-order chi connectivity index (χ1) is 8.06. The van der Waals surface area contributed by atoms with Crippen LogP contribution < -0.4 is 5.32 Å². The van der Waals surface area contributed by atoms with Gasteiger partial charge in [-0.05, 0) is 32.1 Å². The minimum absolute atomic E-state index is 0.105. The van der Waals surface area contributed by atoms with Gasteiger partial charge in [0.05, 0.1) is 11.8 Å². The molecule has 0 aromatic carbocycles. The number of aliphatic carboxylic acids is 1. The molecule has 1 fully saturated rings. The minimum Gasteiger partial charge on any atom is -0.481 e. The standard InChI is InChI=1S/C13H21NO3/c1-3-4-5-6-14-12(15)10-7-9(2)8-11(10)13(16)17/h3-4,9-11H,5-8H2,1-2H3,(H,14,15)(H,16,17)/b4-3+/t9?,10-,11+/m0/s1. The van der Waals surface area contributed by atoms with Gasteiger partial charge in [0.1, 0.15) is 0 Å². The topological polar surface area (TPSA) is 66.4 Å². The summed E-state index contributed by atoms with van der Waals surface area (Å²) in [5.41, 5.74) is 0. The van der Waals surface area contributed by atoms with E-state index in [1.165, 1.54) is 0 Å². The predicted octanol–water partition coefficient (Wildman–Crippen LogP) is 1.82. The average molecular weight is 239 g/mol. The van der Waals surface area contributed by atoms with Crippen LogP contribution in [0.25, 0.3) is 0 Å². The zero-order valence-electron chi connectivity index (χ0n) is 10.5. The molecule has 0 aromatic rings. The summed E-state index contributed by atoms with van der Waals surface area (Å²) in [6.07, 6.45) is 6.01. The van der Waals surface area contributed by atoms with E-state index in [-0.39, 0.29) is 11.8 Å². The maximum absolute atomic E-state index is 11.9. The fourth-order valence-electron chi connectivity index (χ4n) is 2.43. The van der Waals surface area contributed by atoms with Gasteiger partial charge < -0.3 is 10.4 Å². The van der Waals surface area contributed by atoms with Crippen LogP contribution in [0.3, 0.4) is 0 Å². The van der Waals surface area contributed by atoms with Crippen LogP contribution in [0.1, 0.15) is 33.1 Å². The van der Waals surface area contributed by atoms with E-state index in [1.807, 2.05) is 26.0 Å². The lowest BCUT2D eigenvalue weighted by Gasteiger charge is -2.15. The van der Waals surface area contributed by atoms with Crippen molar-refractivity contribution in [2.45, 2.75) is 33.1 Å². The van der Waals surface area contributed by atoms with Gasteiger partial charge in [0.2, 0.25) is 5.91 Å². The maximum atomic E-state index is 11.9. The van der Waals surface area contributed by atoms with Crippen LogP contribution in [0.5, 0.6) is 0 Å². The van der Waals surface area contributed by atoms with Crippen LogP contribution in [-0.4, -0.2) is 23.5 Å². The summed E-state index contributed by atoms with van der Waals surface area (Å²) in [6, 6.07) is 0. The number of hydrogen-bond donors (Lipinski definition) is 2. The summed E-state index contributed by atoms with van der Waals surface area (Å²) < 4.78 is 0. The first-order valence-electron chi connectivity index (χ1n) is 6.18. The lowest BCUT2D eigenvalue weighted by atomic mass is 9.95. The number of carboxylic acids is 1. The quantitative estimate of drug-likeness (QED) is 0.568. The molecule has 96 valence electrons. The van der Waals surface area contributed by atoms with Crippen molar-refractivity contribution in [3.63, 3.8) is 0 Å². The van der Waals surface area contributed by atoms with E-state index in [0.717, 1.165) is 6.42 Å². The van der Waals surface area contributed by atoms with Gasteiger partial charge in [-0.3, -0.25) is 9.59 Å². The highest BCUT2D eigenvalue weighted by Crippen LogP contribution is 2.36. The first-order valence-corrected chi connectivity index (χ1v) is 6.18. The van der Waals surface area contributed by atoms with Crippen molar-refractivity contribution < 1.29 is 14.7 Å². The Morgan fingerprint density at radius 2 is 2.00 bits per heavy atom. The first kappa shape index (κ1) is 13.7. The van der Waals surface area contributed by atoms with E-state index >= 15 is 0 Å². The second-order valence-electron chi connectivity index (χ2n) is 4.78. The summed E-state index contributed by atoms with van der Waals surface area (Å²) in [7, 11) is 0. The molecular formula is C13H21NO3. The van der Waals surface area contributed by atoms with Crippen molar-refractivity contribution in [1.82, 2.24) is 5.32 Å². The highest BCUT2D eigenvalue weighted by molar-refractivity contribution is 5.85. The number of amides is 1. The van der Waals surface area contributed by atoms with E-state index in [9.17, 15) is 9.59 Å². The number of hydrogen-bond acceptors (Lipinski definition) is 2. The van der Waals surface area contributed by atoms with Crippen molar-refractivity contribution in [2.24, 2.45) is 17.8 Å². The van der Waals surface area contributed by atoms with Gasteiger partial charge in [0.15, 0.2) is 0 Å². The van der Waals surface area contributed by atoms with E-state index in [2.05, 4.69) is 5.32 Å². The molecule has 2 N–H and O–H groups in total. The predicted molar refractivity (Wildman–Crippen MR) is 65.5 cm³/mol. The summed E-state index contributed by atoms with van der Waals surface area (Å²) >= 11 is 0. The number of allylic oxidation sites excluding steroid dienone is 1. The van der Waals surface area contributed by atoms with Crippen LogP contribution in [-0.2, 0) is 9.59 Å². The third kappa shape index (κ3) is 3.88. The number of carboxylic acid groups (broad SMARTS) is 1. The molecule has 0 aromatic heterocycles. The fourth-order valence-corrected chi connectivity index (χ4v) is 2.43. The van der Waals surface area contributed by atoms with Gasteiger partial charge in [0.25, 0.3) is 0 Å². The van der Waals surface area contributed by atoms with Gasteiger partial charge >= 0.3 is 5.97 Å². The number of nitrogens with one attached hydrogen (secondary N) is 1. The van der Waals surface area contributed by atoms with Gasteiger partial charge in [0, 0.05) is 6.54 Å². The zero-order chi connectivity index (χ0) is 12.8. The van der Waals surface area contributed by atoms with E-state index in [0.29, 0.717) is 25.3 Å². The Kier molecular flexibility index (Phi) is 5.19. The molecule has 0 saturated heterocycles. The summed E-state index contributed by atoms with van der Waals surface area (Å²) in [4.78, 5) is 22.9. The molecule has 4 heteroatoms. The summed E-state index contributed by atoms with van der Waals surface area (Å²) in [5.74, 6) is -1.49. The Bertz CT molecular complexity index is 312. The van der Waals surface area contributed by atoms with Gasteiger partial charge in [-0.15, -0.1) is 0 Å². The summed E-state index contributed by atoms with van der Waals surface area (Å²) in [6.45, 7) is 4.52. The molecule has 4 nitrogen and oxygen atoms in total. The second kappa shape index (κ2) is 6.42. The summed E-state index contributed by atoms with van der Waals surface area (Å²) in [5, 5.41) is 11.9. The molecule has 1 amide bonds. The van der Waals surface area contributed by atoms with Crippen molar-refractivity contribution in [2.75, 3.05) is 6.54 Å². The second-order valence-corrected chi connectivity index (χ2v) is 4.78. The third-order valence-corrected chi connectivity index (χ3v) is 3.30. The van der Waals surface area contributed by atoms with E-state index in [1.54, 1.807) is 0 Å². The Morgan fingerprint density at radius 1 is 1.35 bits per heavy atom. The molecule has 0 spiro atoms. The van der Waals surface area contributed by atoms with Crippen molar-refractivity contribution in [1.29, 1.82) is 0 Å². The largest absolute Gasteiger partial charge is 0.481 e.